The second-order valence-electron chi connectivity index (χ2n) is 6.86. The number of amides is 1. The molecular weight excluding hydrogens is 372 g/mol. The smallest absolute Gasteiger partial charge is 0.399 e. The van der Waals surface area contributed by atoms with Gasteiger partial charge >= 0.3 is 11.4 Å². The monoisotopic (exact) mass is 396 g/mol. The lowest BCUT2D eigenvalue weighted by atomic mass is 10.2. The molecule has 0 atom stereocenters. The number of rotatable bonds is 8. The molecule has 3 N–H and O–H groups in total. The van der Waals surface area contributed by atoms with Crippen molar-refractivity contribution in [3.05, 3.63) is 75.1 Å². The van der Waals surface area contributed by atoms with E-state index in [2.05, 4.69) is 10.2 Å². The molecular formula is C21H24N4O4. The molecule has 0 radical (unpaired) electrons. The Labute approximate surface area is 167 Å². The number of nitrogens with zero attached hydrogens (tertiary/aromatic N) is 2. The van der Waals surface area contributed by atoms with E-state index in [1.807, 2.05) is 7.05 Å². The number of benzene rings is 2. The second kappa shape index (κ2) is 9.20. The first kappa shape index (κ1) is 20.3. The van der Waals surface area contributed by atoms with E-state index in [1.54, 1.807) is 48.5 Å². The van der Waals surface area contributed by atoms with Crippen molar-refractivity contribution in [3.63, 3.8) is 0 Å². The van der Waals surface area contributed by atoms with Gasteiger partial charge in [-0.1, -0.05) is 12.1 Å². The van der Waals surface area contributed by atoms with E-state index in [0.29, 0.717) is 48.2 Å². The normalized spacial score (nSPS) is 11.1. The Morgan fingerprint density at radius 1 is 1.10 bits per heavy atom. The van der Waals surface area contributed by atoms with Crippen LogP contribution in [0.3, 0.4) is 0 Å². The average molecular weight is 396 g/mol. The standard InChI is InChI=1S/C21H24N4O4/c1-24(14-11-23-19(26)15-7-9-16(22)10-8-15)12-4-13-25-18-6-3-2-5-17(18)20(27)29-21(25)28/h2-3,5-10H,4,11-14,22H2,1H3,(H,23,26). The van der Waals surface area contributed by atoms with E-state index < -0.39 is 11.4 Å². The van der Waals surface area contributed by atoms with Crippen LogP contribution in [-0.2, 0) is 6.54 Å². The van der Waals surface area contributed by atoms with Gasteiger partial charge in [0.2, 0.25) is 0 Å². The summed E-state index contributed by atoms with van der Waals surface area (Å²) in [6, 6.07) is 13.7. The molecule has 152 valence electrons. The van der Waals surface area contributed by atoms with Crippen molar-refractivity contribution in [2.24, 2.45) is 0 Å². The number of carbonyl (C=O) groups is 1. The van der Waals surface area contributed by atoms with E-state index in [9.17, 15) is 14.4 Å². The molecule has 29 heavy (non-hydrogen) atoms. The fraction of sp³-hybridized carbons (Fsp3) is 0.286. The molecule has 0 bridgehead atoms. The van der Waals surface area contributed by atoms with E-state index in [0.717, 1.165) is 6.54 Å². The summed E-state index contributed by atoms with van der Waals surface area (Å²) >= 11 is 0. The number of anilines is 1. The maximum Gasteiger partial charge on any atom is 0.422 e. The van der Waals surface area contributed by atoms with Crippen LogP contribution in [-0.4, -0.2) is 42.1 Å². The zero-order valence-electron chi connectivity index (χ0n) is 16.3. The minimum absolute atomic E-state index is 0.143. The number of nitrogens with two attached hydrogens (primary N) is 1. The maximum atomic E-state index is 12.1. The number of fused-ring (bicyclic) bond motifs is 1. The lowest BCUT2D eigenvalue weighted by molar-refractivity contribution is 0.0950. The minimum atomic E-state index is -0.646. The number of aromatic nitrogens is 1. The van der Waals surface area contributed by atoms with Gasteiger partial charge in [0.05, 0.1) is 10.9 Å². The predicted molar refractivity (Wildman–Crippen MR) is 112 cm³/mol. The highest BCUT2D eigenvalue weighted by Gasteiger charge is 2.09. The first-order chi connectivity index (χ1) is 14.0. The summed E-state index contributed by atoms with van der Waals surface area (Å²) in [5.41, 5.74) is 6.77. The second-order valence-corrected chi connectivity index (χ2v) is 6.86. The molecule has 8 nitrogen and oxygen atoms in total. The summed E-state index contributed by atoms with van der Waals surface area (Å²) < 4.78 is 6.28. The van der Waals surface area contributed by atoms with E-state index in [-0.39, 0.29) is 5.91 Å². The van der Waals surface area contributed by atoms with Crippen molar-refractivity contribution in [1.29, 1.82) is 0 Å². The predicted octanol–water partition coefficient (Wildman–Crippen LogP) is 1.29. The number of nitrogens with one attached hydrogen (secondary N) is 1. The van der Waals surface area contributed by atoms with Crippen LogP contribution in [0.2, 0.25) is 0 Å². The molecule has 3 aromatic rings. The van der Waals surface area contributed by atoms with Gasteiger partial charge in [0.1, 0.15) is 0 Å². The molecule has 3 rings (SSSR count). The quantitative estimate of drug-likeness (QED) is 0.555. The Morgan fingerprint density at radius 3 is 2.59 bits per heavy atom. The zero-order chi connectivity index (χ0) is 20.8. The van der Waals surface area contributed by atoms with Crippen molar-refractivity contribution in [2.45, 2.75) is 13.0 Å². The van der Waals surface area contributed by atoms with E-state index >= 15 is 0 Å². The highest BCUT2D eigenvalue weighted by Crippen LogP contribution is 2.08. The number of likely N-dealkylation sites (N-methyl/N-ethyl adjacent to an activating group) is 1. The molecule has 0 fully saturated rings. The largest absolute Gasteiger partial charge is 0.422 e. The number of para-hydroxylation sites is 1. The molecule has 0 saturated carbocycles. The topological polar surface area (TPSA) is 111 Å². The van der Waals surface area contributed by atoms with Crippen molar-refractivity contribution < 1.29 is 9.21 Å². The summed E-state index contributed by atoms with van der Waals surface area (Å²) in [5.74, 6) is -0.789. The summed E-state index contributed by atoms with van der Waals surface area (Å²) in [6.07, 6.45) is 0.694. The lowest BCUT2D eigenvalue weighted by Gasteiger charge is -2.17. The Bertz CT molecular complexity index is 1100. The molecule has 0 aliphatic rings. The Hall–Kier alpha value is -3.39. The Kier molecular flexibility index (Phi) is 6.46. The highest BCUT2D eigenvalue weighted by atomic mass is 16.4. The van der Waals surface area contributed by atoms with Gasteiger partial charge in [0.15, 0.2) is 0 Å². The van der Waals surface area contributed by atoms with Crippen LogP contribution in [0.25, 0.3) is 10.9 Å². The van der Waals surface area contributed by atoms with Gasteiger partial charge in [-0.05, 0) is 56.4 Å². The maximum absolute atomic E-state index is 12.1. The van der Waals surface area contributed by atoms with Gasteiger partial charge in [-0.25, -0.2) is 9.59 Å². The van der Waals surface area contributed by atoms with Crippen molar-refractivity contribution in [2.75, 3.05) is 32.4 Å². The number of hydrogen-bond donors (Lipinski definition) is 2. The van der Waals surface area contributed by atoms with E-state index in [1.165, 1.54) is 4.57 Å². The number of carbonyl (C=O) groups excluding carboxylic acids is 1. The van der Waals surface area contributed by atoms with Gasteiger partial charge in [-0.3, -0.25) is 9.36 Å². The van der Waals surface area contributed by atoms with Crippen molar-refractivity contribution in [3.8, 4) is 0 Å². The molecule has 0 aliphatic heterocycles. The Morgan fingerprint density at radius 2 is 1.83 bits per heavy atom. The molecule has 8 heteroatoms. The molecule has 0 saturated heterocycles. The van der Waals surface area contributed by atoms with Gasteiger partial charge < -0.3 is 20.4 Å². The molecule has 1 heterocycles. The van der Waals surface area contributed by atoms with Crippen LogP contribution >= 0.6 is 0 Å². The first-order valence-electron chi connectivity index (χ1n) is 9.40. The third-order valence-corrected chi connectivity index (χ3v) is 4.69. The summed E-state index contributed by atoms with van der Waals surface area (Å²) in [4.78, 5) is 38.0. The fourth-order valence-corrected chi connectivity index (χ4v) is 3.09. The number of hydrogen-bond acceptors (Lipinski definition) is 6. The molecule has 0 unspecified atom stereocenters. The lowest BCUT2D eigenvalue weighted by Crippen LogP contribution is -2.34. The highest BCUT2D eigenvalue weighted by molar-refractivity contribution is 5.94. The minimum Gasteiger partial charge on any atom is -0.399 e. The van der Waals surface area contributed by atoms with Crippen LogP contribution < -0.4 is 22.4 Å². The third kappa shape index (κ3) is 5.11. The third-order valence-electron chi connectivity index (χ3n) is 4.69. The van der Waals surface area contributed by atoms with Crippen LogP contribution in [0.5, 0.6) is 0 Å². The summed E-state index contributed by atoms with van der Waals surface area (Å²) in [5, 5.41) is 3.26. The van der Waals surface area contributed by atoms with Crippen LogP contribution in [0.15, 0.2) is 62.5 Å². The van der Waals surface area contributed by atoms with Gasteiger partial charge in [0, 0.05) is 30.9 Å². The molecule has 0 aliphatic carbocycles. The first-order valence-corrected chi connectivity index (χ1v) is 9.40. The SMILES string of the molecule is CN(CCCn1c(=O)oc(=O)c2ccccc21)CCNC(=O)c1ccc(N)cc1. The average Bonchev–Trinajstić information content (AvgIpc) is 2.71. The van der Waals surface area contributed by atoms with Crippen LogP contribution in [0.1, 0.15) is 16.8 Å². The molecule has 0 spiro atoms. The summed E-state index contributed by atoms with van der Waals surface area (Å²) in [6.45, 7) is 2.33. The van der Waals surface area contributed by atoms with Crippen LogP contribution in [0, 0.1) is 0 Å². The van der Waals surface area contributed by atoms with Crippen molar-refractivity contribution in [1.82, 2.24) is 14.8 Å². The molecule has 1 amide bonds. The molecule has 2 aromatic carbocycles. The van der Waals surface area contributed by atoms with Crippen LogP contribution in [0.4, 0.5) is 5.69 Å². The molecule has 1 aromatic heterocycles. The summed E-state index contributed by atoms with van der Waals surface area (Å²) in [7, 11) is 1.95. The number of aryl methyl sites for hydroxylation is 1. The Balaban J connectivity index is 1.48. The zero-order valence-corrected chi connectivity index (χ0v) is 16.3. The van der Waals surface area contributed by atoms with Gasteiger partial charge in [-0.15, -0.1) is 0 Å². The van der Waals surface area contributed by atoms with E-state index in [4.69, 9.17) is 10.2 Å². The van der Waals surface area contributed by atoms with Crippen molar-refractivity contribution >= 4 is 22.5 Å². The van der Waals surface area contributed by atoms with Gasteiger partial charge in [-0.2, -0.15) is 0 Å². The number of nitrogen functional groups attached to an aromatic ring is 1. The fourth-order valence-electron chi connectivity index (χ4n) is 3.09. The van der Waals surface area contributed by atoms with Gasteiger partial charge in [0.25, 0.3) is 5.91 Å².